The number of hydrogen-bond donors (Lipinski definition) is 2. The molecule has 1 aromatic rings. The fourth-order valence-corrected chi connectivity index (χ4v) is 1.41. The fraction of sp³-hybridized carbons (Fsp3) is 0.667. The van der Waals surface area contributed by atoms with Gasteiger partial charge in [-0.15, -0.1) is 0 Å². The predicted molar refractivity (Wildman–Crippen MR) is 70.4 cm³/mol. The first-order valence-electron chi connectivity index (χ1n) is 6.08. The quantitative estimate of drug-likeness (QED) is 0.754. The van der Waals surface area contributed by atoms with Crippen molar-refractivity contribution in [2.45, 2.75) is 32.7 Å². The van der Waals surface area contributed by atoms with Gasteiger partial charge in [0.15, 0.2) is 0 Å². The maximum Gasteiger partial charge on any atom is 0.133 e. The largest absolute Gasteiger partial charge is 0.396 e. The third-order valence-corrected chi connectivity index (χ3v) is 2.70. The maximum absolute atomic E-state index is 8.80. The lowest BCUT2D eigenvalue weighted by Gasteiger charge is -2.19. The SMILES string of the molecule is CCC(C)Nc1cc(N(C)CCCO)ncn1. The van der Waals surface area contributed by atoms with Gasteiger partial charge in [0.1, 0.15) is 18.0 Å². The van der Waals surface area contributed by atoms with Gasteiger partial charge in [-0.3, -0.25) is 0 Å². The summed E-state index contributed by atoms with van der Waals surface area (Å²) in [7, 11) is 1.96. The van der Waals surface area contributed by atoms with Crippen LogP contribution in [0.3, 0.4) is 0 Å². The smallest absolute Gasteiger partial charge is 0.133 e. The zero-order valence-corrected chi connectivity index (χ0v) is 10.8. The molecular formula is C12H22N4O. The van der Waals surface area contributed by atoms with E-state index in [1.54, 1.807) is 6.33 Å². The van der Waals surface area contributed by atoms with Gasteiger partial charge in [0.25, 0.3) is 0 Å². The molecule has 0 aliphatic heterocycles. The average molecular weight is 238 g/mol. The molecule has 0 saturated heterocycles. The Labute approximate surface area is 103 Å². The minimum atomic E-state index is 0.202. The van der Waals surface area contributed by atoms with Gasteiger partial charge in [-0.1, -0.05) is 6.92 Å². The zero-order chi connectivity index (χ0) is 12.7. The van der Waals surface area contributed by atoms with E-state index < -0.39 is 0 Å². The summed E-state index contributed by atoms with van der Waals surface area (Å²) in [6.07, 6.45) is 3.36. The van der Waals surface area contributed by atoms with E-state index in [-0.39, 0.29) is 6.61 Å². The molecule has 96 valence electrons. The molecule has 0 spiro atoms. The van der Waals surface area contributed by atoms with Crippen molar-refractivity contribution in [2.75, 3.05) is 30.4 Å². The van der Waals surface area contributed by atoms with Crippen molar-refractivity contribution in [1.29, 1.82) is 0 Å². The standard InChI is InChI=1S/C12H22N4O/c1-4-10(2)15-11-8-12(14-9-13-11)16(3)6-5-7-17/h8-10,17H,4-7H2,1-3H3,(H,13,14,15). The molecule has 0 bridgehead atoms. The van der Waals surface area contributed by atoms with Crippen LogP contribution in [-0.2, 0) is 0 Å². The Morgan fingerprint density at radius 3 is 2.88 bits per heavy atom. The van der Waals surface area contributed by atoms with Crippen LogP contribution in [0.25, 0.3) is 0 Å². The van der Waals surface area contributed by atoms with Crippen LogP contribution in [0.4, 0.5) is 11.6 Å². The number of aliphatic hydroxyl groups is 1. The highest BCUT2D eigenvalue weighted by molar-refractivity contribution is 5.48. The minimum absolute atomic E-state index is 0.202. The highest BCUT2D eigenvalue weighted by Gasteiger charge is 2.05. The Kier molecular flexibility index (Phi) is 5.69. The number of rotatable bonds is 7. The van der Waals surface area contributed by atoms with E-state index >= 15 is 0 Å². The van der Waals surface area contributed by atoms with E-state index in [1.807, 2.05) is 18.0 Å². The van der Waals surface area contributed by atoms with Gasteiger partial charge in [-0.25, -0.2) is 9.97 Å². The summed E-state index contributed by atoms with van der Waals surface area (Å²) in [4.78, 5) is 10.4. The van der Waals surface area contributed by atoms with Gasteiger partial charge in [-0.2, -0.15) is 0 Å². The van der Waals surface area contributed by atoms with E-state index in [4.69, 9.17) is 5.11 Å². The maximum atomic E-state index is 8.80. The second-order valence-corrected chi connectivity index (χ2v) is 4.21. The Morgan fingerprint density at radius 2 is 2.24 bits per heavy atom. The number of hydrogen-bond acceptors (Lipinski definition) is 5. The molecule has 1 unspecified atom stereocenters. The summed E-state index contributed by atoms with van der Waals surface area (Å²) < 4.78 is 0. The molecule has 5 nitrogen and oxygen atoms in total. The van der Waals surface area contributed by atoms with Gasteiger partial charge >= 0.3 is 0 Å². The molecule has 0 aliphatic rings. The van der Waals surface area contributed by atoms with Crippen LogP contribution >= 0.6 is 0 Å². The lowest BCUT2D eigenvalue weighted by atomic mass is 10.2. The molecule has 0 aliphatic carbocycles. The van der Waals surface area contributed by atoms with E-state index in [1.165, 1.54) is 0 Å². The zero-order valence-electron chi connectivity index (χ0n) is 10.8. The van der Waals surface area contributed by atoms with Gasteiger partial charge < -0.3 is 15.3 Å². The molecule has 0 aromatic carbocycles. The Balaban J connectivity index is 2.64. The molecule has 5 heteroatoms. The number of aliphatic hydroxyl groups excluding tert-OH is 1. The number of nitrogens with one attached hydrogen (secondary N) is 1. The third kappa shape index (κ3) is 4.56. The van der Waals surface area contributed by atoms with E-state index in [2.05, 4.69) is 29.1 Å². The number of nitrogens with zero attached hydrogens (tertiary/aromatic N) is 3. The molecule has 0 fully saturated rings. The molecule has 1 aromatic heterocycles. The van der Waals surface area contributed by atoms with Gasteiger partial charge in [0, 0.05) is 32.3 Å². The lowest BCUT2D eigenvalue weighted by Crippen LogP contribution is -2.21. The first kappa shape index (κ1) is 13.7. The molecule has 0 amide bonds. The van der Waals surface area contributed by atoms with Gasteiger partial charge in [-0.05, 0) is 19.8 Å². The molecule has 1 heterocycles. The first-order chi connectivity index (χ1) is 8.17. The lowest BCUT2D eigenvalue weighted by molar-refractivity contribution is 0.290. The number of anilines is 2. The normalized spacial score (nSPS) is 12.2. The van der Waals surface area contributed by atoms with Crippen LogP contribution in [0.15, 0.2) is 12.4 Å². The number of aromatic nitrogens is 2. The second-order valence-electron chi connectivity index (χ2n) is 4.21. The van der Waals surface area contributed by atoms with Crippen LogP contribution in [-0.4, -0.2) is 41.3 Å². The molecule has 1 rings (SSSR count). The molecule has 0 saturated carbocycles. The van der Waals surface area contributed by atoms with Crippen molar-refractivity contribution in [3.63, 3.8) is 0 Å². The summed E-state index contributed by atoms with van der Waals surface area (Å²) in [5.41, 5.74) is 0. The summed E-state index contributed by atoms with van der Waals surface area (Å²) >= 11 is 0. The van der Waals surface area contributed by atoms with Crippen LogP contribution in [0.5, 0.6) is 0 Å². The van der Waals surface area contributed by atoms with Crippen molar-refractivity contribution in [1.82, 2.24) is 9.97 Å². The fourth-order valence-electron chi connectivity index (χ4n) is 1.41. The van der Waals surface area contributed by atoms with Crippen molar-refractivity contribution < 1.29 is 5.11 Å². The minimum Gasteiger partial charge on any atom is -0.396 e. The van der Waals surface area contributed by atoms with Crippen LogP contribution in [0.2, 0.25) is 0 Å². The van der Waals surface area contributed by atoms with Crippen molar-refractivity contribution in [3.8, 4) is 0 Å². The van der Waals surface area contributed by atoms with Crippen LogP contribution in [0, 0.1) is 0 Å². The van der Waals surface area contributed by atoms with Gasteiger partial charge in [0.05, 0.1) is 0 Å². The summed E-state index contributed by atoms with van der Waals surface area (Å²) in [5, 5.41) is 12.1. The van der Waals surface area contributed by atoms with Gasteiger partial charge in [0.2, 0.25) is 0 Å². The average Bonchev–Trinajstić information content (AvgIpc) is 2.36. The van der Waals surface area contributed by atoms with E-state index in [0.29, 0.717) is 6.04 Å². The second kappa shape index (κ2) is 7.06. The molecular weight excluding hydrogens is 216 g/mol. The van der Waals surface area contributed by atoms with E-state index in [9.17, 15) is 0 Å². The molecule has 0 radical (unpaired) electrons. The topological polar surface area (TPSA) is 61.3 Å². The van der Waals surface area contributed by atoms with Crippen LogP contribution < -0.4 is 10.2 Å². The molecule has 1 atom stereocenters. The van der Waals surface area contributed by atoms with Crippen molar-refractivity contribution in [3.05, 3.63) is 12.4 Å². The highest BCUT2D eigenvalue weighted by Crippen LogP contribution is 2.14. The Morgan fingerprint density at radius 1 is 1.47 bits per heavy atom. The predicted octanol–water partition coefficient (Wildman–Crippen LogP) is 1.51. The molecule has 2 N–H and O–H groups in total. The van der Waals surface area contributed by atoms with Crippen LogP contribution in [0.1, 0.15) is 26.7 Å². The monoisotopic (exact) mass is 238 g/mol. The Bertz CT molecular complexity index is 332. The van der Waals surface area contributed by atoms with E-state index in [0.717, 1.165) is 31.0 Å². The summed E-state index contributed by atoms with van der Waals surface area (Å²) in [6, 6.07) is 2.34. The highest BCUT2D eigenvalue weighted by atomic mass is 16.3. The summed E-state index contributed by atoms with van der Waals surface area (Å²) in [5.74, 6) is 1.72. The Hall–Kier alpha value is -1.36. The third-order valence-electron chi connectivity index (χ3n) is 2.70. The summed E-state index contributed by atoms with van der Waals surface area (Å²) in [6.45, 7) is 5.24. The van der Waals surface area contributed by atoms with Crippen molar-refractivity contribution in [2.24, 2.45) is 0 Å². The van der Waals surface area contributed by atoms with Crippen molar-refractivity contribution >= 4 is 11.6 Å². The molecule has 17 heavy (non-hydrogen) atoms. The first-order valence-corrected chi connectivity index (χ1v) is 6.08.